The summed E-state index contributed by atoms with van der Waals surface area (Å²) in [6.07, 6.45) is 0.326. The van der Waals surface area contributed by atoms with Crippen molar-refractivity contribution in [3.8, 4) is 5.75 Å². The van der Waals surface area contributed by atoms with Gasteiger partial charge in [-0.1, -0.05) is 18.2 Å². The zero-order valence-corrected chi connectivity index (χ0v) is 15.0. The summed E-state index contributed by atoms with van der Waals surface area (Å²) in [5.74, 6) is 1.50. The number of rotatable bonds is 8. The van der Waals surface area contributed by atoms with Crippen LogP contribution in [0.4, 0.5) is 0 Å². The number of nitrogens with zero attached hydrogens (tertiary/aromatic N) is 1. The molecule has 1 aromatic carbocycles. The van der Waals surface area contributed by atoms with Crippen LogP contribution in [0.15, 0.2) is 46.8 Å². The summed E-state index contributed by atoms with van der Waals surface area (Å²) in [6.45, 7) is 3.92. The standard InChI is InChI=1S/C18H25N3O2S/c1-3-19-18(20-11-10-16-5-4-12-24-16)21-13-17(22)14-6-8-15(23-2)9-7-14/h4-9,12,17,22H,3,10-11,13H2,1-2H3,(H2,19,20,21). The van der Waals surface area contributed by atoms with Crippen LogP contribution in [0.5, 0.6) is 5.75 Å². The maximum absolute atomic E-state index is 10.3. The van der Waals surface area contributed by atoms with Crippen LogP contribution in [0.2, 0.25) is 0 Å². The molecule has 0 saturated carbocycles. The lowest BCUT2D eigenvalue weighted by Crippen LogP contribution is -2.38. The Kier molecular flexibility index (Phi) is 7.58. The van der Waals surface area contributed by atoms with Crippen LogP contribution < -0.4 is 15.4 Å². The second-order valence-electron chi connectivity index (χ2n) is 5.26. The van der Waals surface area contributed by atoms with Gasteiger partial charge in [-0.3, -0.25) is 4.99 Å². The Morgan fingerprint density at radius 1 is 1.25 bits per heavy atom. The molecular weight excluding hydrogens is 322 g/mol. The van der Waals surface area contributed by atoms with Crippen molar-refractivity contribution < 1.29 is 9.84 Å². The number of thiophene rings is 1. The third-order valence-corrected chi connectivity index (χ3v) is 4.45. The number of aliphatic imine (C=N–C) groups is 1. The van der Waals surface area contributed by atoms with Crippen molar-refractivity contribution in [3.63, 3.8) is 0 Å². The van der Waals surface area contributed by atoms with E-state index in [0.29, 0.717) is 6.54 Å². The van der Waals surface area contributed by atoms with E-state index in [1.807, 2.05) is 31.2 Å². The van der Waals surface area contributed by atoms with Gasteiger partial charge in [-0.25, -0.2) is 0 Å². The predicted octanol–water partition coefficient (Wildman–Crippen LogP) is 2.59. The van der Waals surface area contributed by atoms with Crippen LogP contribution in [0.1, 0.15) is 23.5 Å². The average Bonchev–Trinajstić information content (AvgIpc) is 3.13. The molecule has 0 fully saturated rings. The SMILES string of the molecule is CCNC(=NCC(O)c1ccc(OC)cc1)NCCc1cccs1. The molecule has 0 saturated heterocycles. The van der Waals surface area contributed by atoms with E-state index in [0.717, 1.165) is 36.8 Å². The molecule has 1 atom stereocenters. The van der Waals surface area contributed by atoms with Gasteiger partial charge in [-0.05, 0) is 42.5 Å². The highest BCUT2D eigenvalue weighted by Crippen LogP contribution is 2.17. The minimum absolute atomic E-state index is 0.306. The van der Waals surface area contributed by atoms with E-state index in [1.54, 1.807) is 18.4 Å². The first kappa shape index (κ1) is 18.3. The molecule has 3 N–H and O–H groups in total. The van der Waals surface area contributed by atoms with Gasteiger partial charge >= 0.3 is 0 Å². The molecule has 0 amide bonds. The highest BCUT2D eigenvalue weighted by molar-refractivity contribution is 7.09. The lowest BCUT2D eigenvalue weighted by Gasteiger charge is -2.13. The molecule has 130 valence electrons. The highest BCUT2D eigenvalue weighted by atomic mass is 32.1. The van der Waals surface area contributed by atoms with Crippen molar-refractivity contribution >= 4 is 17.3 Å². The Morgan fingerprint density at radius 2 is 2.04 bits per heavy atom. The molecule has 2 rings (SSSR count). The van der Waals surface area contributed by atoms with Crippen LogP contribution in [0.25, 0.3) is 0 Å². The van der Waals surface area contributed by atoms with Gasteiger partial charge in [-0.15, -0.1) is 11.3 Å². The number of guanidine groups is 1. The summed E-state index contributed by atoms with van der Waals surface area (Å²) in [4.78, 5) is 5.81. The quantitative estimate of drug-likeness (QED) is 0.507. The van der Waals surface area contributed by atoms with Crippen molar-refractivity contribution in [2.24, 2.45) is 4.99 Å². The normalized spacial score (nSPS) is 12.7. The lowest BCUT2D eigenvalue weighted by molar-refractivity contribution is 0.187. The molecule has 0 aliphatic carbocycles. The molecule has 6 heteroatoms. The molecular formula is C18H25N3O2S. The topological polar surface area (TPSA) is 65.9 Å². The fourth-order valence-electron chi connectivity index (χ4n) is 2.21. The van der Waals surface area contributed by atoms with Crippen molar-refractivity contribution in [2.75, 3.05) is 26.7 Å². The van der Waals surface area contributed by atoms with E-state index in [1.165, 1.54) is 4.88 Å². The van der Waals surface area contributed by atoms with Crippen LogP contribution >= 0.6 is 11.3 Å². The number of methoxy groups -OCH3 is 1. The summed E-state index contributed by atoms with van der Waals surface area (Å²) < 4.78 is 5.13. The number of hydrogen-bond acceptors (Lipinski definition) is 4. The highest BCUT2D eigenvalue weighted by Gasteiger charge is 2.08. The molecule has 1 aromatic heterocycles. The van der Waals surface area contributed by atoms with Gasteiger partial charge < -0.3 is 20.5 Å². The maximum atomic E-state index is 10.3. The van der Waals surface area contributed by atoms with Gasteiger partial charge in [0.25, 0.3) is 0 Å². The molecule has 0 aliphatic heterocycles. The summed E-state index contributed by atoms with van der Waals surface area (Å²) in [5.41, 5.74) is 0.828. The first-order chi connectivity index (χ1) is 11.7. The van der Waals surface area contributed by atoms with E-state index in [-0.39, 0.29) is 0 Å². The molecule has 0 radical (unpaired) electrons. The minimum atomic E-state index is -0.636. The van der Waals surface area contributed by atoms with Crippen molar-refractivity contribution in [3.05, 3.63) is 52.2 Å². The molecule has 0 bridgehead atoms. The second-order valence-corrected chi connectivity index (χ2v) is 6.30. The van der Waals surface area contributed by atoms with Crippen LogP contribution in [-0.4, -0.2) is 37.8 Å². The molecule has 0 aliphatic rings. The van der Waals surface area contributed by atoms with E-state index in [4.69, 9.17) is 4.74 Å². The van der Waals surface area contributed by atoms with Crippen molar-refractivity contribution in [1.29, 1.82) is 0 Å². The van der Waals surface area contributed by atoms with Gasteiger partial charge in [0.15, 0.2) is 5.96 Å². The monoisotopic (exact) mass is 347 g/mol. The predicted molar refractivity (Wildman–Crippen MR) is 100.0 cm³/mol. The zero-order chi connectivity index (χ0) is 17.2. The number of aliphatic hydroxyl groups is 1. The largest absolute Gasteiger partial charge is 0.497 e. The number of hydrogen-bond donors (Lipinski definition) is 3. The van der Waals surface area contributed by atoms with E-state index in [2.05, 4.69) is 33.1 Å². The third-order valence-electron chi connectivity index (χ3n) is 3.51. The Labute approximate surface area is 147 Å². The van der Waals surface area contributed by atoms with Gasteiger partial charge in [-0.2, -0.15) is 0 Å². The maximum Gasteiger partial charge on any atom is 0.191 e. The number of benzene rings is 1. The molecule has 0 spiro atoms. The Morgan fingerprint density at radius 3 is 2.67 bits per heavy atom. The Hall–Kier alpha value is -2.05. The second kappa shape index (κ2) is 9.95. The molecule has 2 aromatic rings. The molecule has 1 heterocycles. The first-order valence-corrected chi connectivity index (χ1v) is 8.97. The fraction of sp³-hybridized carbons (Fsp3) is 0.389. The van der Waals surface area contributed by atoms with Gasteiger partial charge in [0.1, 0.15) is 5.75 Å². The van der Waals surface area contributed by atoms with Crippen molar-refractivity contribution in [1.82, 2.24) is 10.6 Å². The third kappa shape index (κ3) is 5.86. The molecule has 5 nitrogen and oxygen atoms in total. The minimum Gasteiger partial charge on any atom is -0.497 e. The fourth-order valence-corrected chi connectivity index (χ4v) is 2.92. The Bertz CT molecular complexity index is 612. The van der Waals surface area contributed by atoms with Gasteiger partial charge in [0.05, 0.1) is 19.8 Å². The summed E-state index contributed by atoms with van der Waals surface area (Å²) in [5, 5.41) is 18.9. The van der Waals surface area contributed by atoms with E-state index in [9.17, 15) is 5.11 Å². The molecule has 1 unspecified atom stereocenters. The summed E-state index contributed by atoms with van der Waals surface area (Å²) in [6, 6.07) is 11.6. The lowest BCUT2D eigenvalue weighted by atomic mass is 10.1. The zero-order valence-electron chi connectivity index (χ0n) is 14.2. The summed E-state index contributed by atoms with van der Waals surface area (Å²) in [7, 11) is 1.63. The van der Waals surface area contributed by atoms with Crippen molar-refractivity contribution in [2.45, 2.75) is 19.4 Å². The van der Waals surface area contributed by atoms with E-state index >= 15 is 0 Å². The van der Waals surface area contributed by atoms with Gasteiger partial charge in [0.2, 0.25) is 0 Å². The van der Waals surface area contributed by atoms with Crippen LogP contribution in [0.3, 0.4) is 0 Å². The van der Waals surface area contributed by atoms with Gasteiger partial charge in [0, 0.05) is 18.0 Å². The smallest absolute Gasteiger partial charge is 0.191 e. The number of ether oxygens (including phenoxy) is 1. The summed E-state index contributed by atoms with van der Waals surface area (Å²) >= 11 is 1.76. The number of aliphatic hydroxyl groups excluding tert-OH is 1. The average molecular weight is 347 g/mol. The number of nitrogens with one attached hydrogen (secondary N) is 2. The Balaban J connectivity index is 1.86. The molecule has 24 heavy (non-hydrogen) atoms. The van der Waals surface area contributed by atoms with Crippen LogP contribution in [0, 0.1) is 0 Å². The van der Waals surface area contributed by atoms with Crippen LogP contribution in [-0.2, 0) is 6.42 Å². The first-order valence-electron chi connectivity index (χ1n) is 8.09. The van der Waals surface area contributed by atoms with E-state index < -0.39 is 6.10 Å².